The zero-order valence-electron chi connectivity index (χ0n) is 18.3. The molecule has 0 aliphatic heterocycles. The molecule has 4 unspecified atom stereocenters. The number of allylic oxidation sites excluding steroid dienone is 2. The van der Waals surface area contributed by atoms with Crippen molar-refractivity contribution in [2.75, 3.05) is 7.11 Å². The van der Waals surface area contributed by atoms with Crippen molar-refractivity contribution in [1.82, 2.24) is 0 Å². The standard InChI is InChI=1S/C25H40O/c1-19(2)11-10-15-25-14-9-8-12-20(25)23(5)16-13-21(26-7)22(3,4)24(23,6)17-18-25/h12,19,21H,8-9,11,13-14,16-18H2,1-7H3. The number of hydrogen-bond acceptors (Lipinski definition) is 1. The molecule has 0 aromatic heterocycles. The highest BCUT2D eigenvalue weighted by atomic mass is 16.5. The minimum Gasteiger partial charge on any atom is -0.381 e. The third-order valence-corrected chi connectivity index (χ3v) is 8.79. The summed E-state index contributed by atoms with van der Waals surface area (Å²) in [6.45, 7) is 14.6. The van der Waals surface area contributed by atoms with E-state index in [1.165, 1.54) is 44.9 Å². The maximum atomic E-state index is 5.97. The van der Waals surface area contributed by atoms with E-state index in [4.69, 9.17) is 4.74 Å². The number of methoxy groups -OCH3 is 1. The van der Waals surface area contributed by atoms with Crippen molar-refractivity contribution >= 4 is 0 Å². The summed E-state index contributed by atoms with van der Waals surface area (Å²) < 4.78 is 5.97. The van der Waals surface area contributed by atoms with Crippen LogP contribution in [-0.4, -0.2) is 13.2 Å². The molecule has 0 bridgehead atoms. The lowest BCUT2D eigenvalue weighted by Gasteiger charge is -2.68. The maximum absolute atomic E-state index is 5.97. The van der Waals surface area contributed by atoms with Crippen molar-refractivity contribution in [2.24, 2.45) is 27.6 Å². The molecule has 4 atom stereocenters. The Bertz CT molecular complexity index is 630. The first-order chi connectivity index (χ1) is 12.1. The smallest absolute Gasteiger partial charge is 0.0628 e. The van der Waals surface area contributed by atoms with Crippen LogP contribution in [0.5, 0.6) is 0 Å². The van der Waals surface area contributed by atoms with Gasteiger partial charge in [-0.15, -0.1) is 5.92 Å². The normalized spacial score (nSPS) is 41.5. The van der Waals surface area contributed by atoms with Gasteiger partial charge in [0, 0.05) is 13.5 Å². The maximum Gasteiger partial charge on any atom is 0.0628 e. The van der Waals surface area contributed by atoms with Crippen molar-refractivity contribution in [1.29, 1.82) is 0 Å². The van der Waals surface area contributed by atoms with Crippen molar-refractivity contribution in [3.8, 4) is 11.8 Å². The summed E-state index contributed by atoms with van der Waals surface area (Å²) in [6, 6.07) is 0. The minimum atomic E-state index is 0.150. The van der Waals surface area contributed by atoms with Gasteiger partial charge in [-0.3, -0.25) is 0 Å². The third kappa shape index (κ3) is 2.71. The molecule has 1 nitrogen and oxygen atoms in total. The summed E-state index contributed by atoms with van der Waals surface area (Å²) in [7, 11) is 1.91. The Kier molecular flexibility index (Phi) is 5.16. The fraction of sp³-hybridized carbons (Fsp3) is 0.840. The van der Waals surface area contributed by atoms with Gasteiger partial charge in [-0.05, 0) is 72.7 Å². The van der Waals surface area contributed by atoms with E-state index in [-0.39, 0.29) is 21.7 Å². The van der Waals surface area contributed by atoms with Gasteiger partial charge in [0.2, 0.25) is 0 Å². The summed E-state index contributed by atoms with van der Waals surface area (Å²) >= 11 is 0. The van der Waals surface area contributed by atoms with E-state index in [0.29, 0.717) is 12.0 Å². The molecule has 0 radical (unpaired) electrons. The van der Waals surface area contributed by atoms with Gasteiger partial charge in [-0.25, -0.2) is 0 Å². The molecule has 2 saturated carbocycles. The minimum absolute atomic E-state index is 0.150. The predicted octanol–water partition coefficient (Wildman–Crippen LogP) is 6.77. The molecule has 146 valence electrons. The Morgan fingerprint density at radius 2 is 1.85 bits per heavy atom. The van der Waals surface area contributed by atoms with E-state index in [1.807, 2.05) is 7.11 Å². The van der Waals surface area contributed by atoms with Crippen LogP contribution in [0.2, 0.25) is 0 Å². The Hall–Kier alpha value is -0.740. The topological polar surface area (TPSA) is 9.23 Å². The first-order valence-corrected chi connectivity index (χ1v) is 10.9. The molecule has 3 aliphatic rings. The third-order valence-electron chi connectivity index (χ3n) is 8.79. The Balaban J connectivity index is 2.05. The Labute approximate surface area is 162 Å². The van der Waals surface area contributed by atoms with Gasteiger partial charge in [0.15, 0.2) is 0 Å². The molecule has 2 fully saturated rings. The molecule has 0 aromatic carbocycles. The van der Waals surface area contributed by atoms with Gasteiger partial charge in [-0.1, -0.05) is 53.5 Å². The Morgan fingerprint density at radius 3 is 2.50 bits per heavy atom. The summed E-state index contributed by atoms with van der Waals surface area (Å²) in [5.74, 6) is 8.10. The molecule has 3 rings (SSSR count). The van der Waals surface area contributed by atoms with E-state index < -0.39 is 0 Å². The molecule has 3 aliphatic carbocycles. The molecule has 0 saturated heterocycles. The number of fused-ring (bicyclic) bond motifs is 3. The van der Waals surface area contributed by atoms with E-state index in [2.05, 4.69) is 59.5 Å². The van der Waals surface area contributed by atoms with Gasteiger partial charge < -0.3 is 4.74 Å². The van der Waals surface area contributed by atoms with Crippen LogP contribution in [0.15, 0.2) is 11.6 Å². The largest absolute Gasteiger partial charge is 0.381 e. The molecule has 0 aromatic rings. The molecule has 1 heteroatoms. The molecular formula is C25H40O. The van der Waals surface area contributed by atoms with Gasteiger partial charge in [0.25, 0.3) is 0 Å². The van der Waals surface area contributed by atoms with Gasteiger partial charge in [-0.2, -0.15) is 0 Å². The van der Waals surface area contributed by atoms with Crippen molar-refractivity contribution in [3.05, 3.63) is 11.6 Å². The van der Waals surface area contributed by atoms with E-state index in [1.54, 1.807) is 5.57 Å². The zero-order chi connectivity index (χ0) is 19.2. The van der Waals surface area contributed by atoms with Gasteiger partial charge >= 0.3 is 0 Å². The Morgan fingerprint density at radius 1 is 1.12 bits per heavy atom. The summed E-state index contributed by atoms with van der Waals surface area (Å²) in [5, 5.41) is 0. The lowest BCUT2D eigenvalue weighted by molar-refractivity contribution is -0.177. The highest BCUT2D eigenvalue weighted by molar-refractivity contribution is 5.40. The first kappa shape index (κ1) is 20.0. The quantitative estimate of drug-likeness (QED) is 0.391. The zero-order valence-corrected chi connectivity index (χ0v) is 18.3. The highest BCUT2D eigenvalue weighted by Gasteiger charge is 2.65. The molecule has 0 heterocycles. The lowest BCUT2D eigenvalue weighted by Crippen LogP contribution is -2.62. The second-order valence-electron chi connectivity index (χ2n) is 10.6. The first-order valence-electron chi connectivity index (χ1n) is 10.9. The molecule has 26 heavy (non-hydrogen) atoms. The summed E-state index contributed by atoms with van der Waals surface area (Å²) in [6.07, 6.45) is 12.7. The molecular weight excluding hydrogens is 316 g/mol. The van der Waals surface area contributed by atoms with Crippen molar-refractivity contribution < 1.29 is 4.74 Å². The average molecular weight is 357 g/mol. The lowest BCUT2D eigenvalue weighted by atomic mass is 9.37. The van der Waals surface area contributed by atoms with Crippen LogP contribution in [0.4, 0.5) is 0 Å². The van der Waals surface area contributed by atoms with Crippen molar-refractivity contribution in [2.45, 2.75) is 99.0 Å². The van der Waals surface area contributed by atoms with E-state index in [9.17, 15) is 0 Å². The van der Waals surface area contributed by atoms with Crippen LogP contribution in [0.3, 0.4) is 0 Å². The summed E-state index contributed by atoms with van der Waals surface area (Å²) in [5.41, 5.74) is 2.55. The van der Waals surface area contributed by atoms with Gasteiger partial charge in [0.1, 0.15) is 0 Å². The fourth-order valence-electron chi connectivity index (χ4n) is 6.64. The fourth-order valence-corrected chi connectivity index (χ4v) is 6.64. The molecule has 0 N–H and O–H groups in total. The van der Waals surface area contributed by atoms with Crippen LogP contribution >= 0.6 is 0 Å². The number of hydrogen-bond donors (Lipinski definition) is 0. The van der Waals surface area contributed by atoms with Crippen molar-refractivity contribution in [3.63, 3.8) is 0 Å². The van der Waals surface area contributed by atoms with Gasteiger partial charge in [0.05, 0.1) is 11.5 Å². The van der Waals surface area contributed by atoms with Crippen LogP contribution in [0.25, 0.3) is 0 Å². The second kappa shape index (κ2) is 6.70. The number of rotatable bonds is 2. The monoisotopic (exact) mass is 356 g/mol. The molecule has 0 amide bonds. The van der Waals surface area contributed by atoms with E-state index in [0.717, 1.165) is 6.42 Å². The average Bonchev–Trinajstić information content (AvgIpc) is 2.58. The van der Waals surface area contributed by atoms with E-state index >= 15 is 0 Å². The van der Waals surface area contributed by atoms with Crippen LogP contribution < -0.4 is 0 Å². The number of ether oxygens (including phenoxy) is 1. The summed E-state index contributed by atoms with van der Waals surface area (Å²) in [4.78, 5) is 0. The van der Waals surface area contributed by atoms with Crippen LogP contribution in [0.1, 0.15) is 92.9 Å². The van der Waals surface area contributed by atoms with Crippen LogP contribution in [-0.2, 0) is 4.74 Å². The SMILES string of the molecule is COC1CCC2(C)C3=CCCCC3(C#CCC(C)C)CCC2(C)C1(C)C. The molecule has 0 spiro atoms. The van der Waals surface area contributed by atoms with Crippen LogP contribution in [0, 0.1) is 39.4 Å². The second-order valence-corrected chi connectivity index (χ2v) is 10.6. The highest BCUT2D eigenvalue weighted by Crippen LogP contribution is 2.72. The predicted molar refractivity (Wildman–Crippen MR) is 111 cm³/mol.